The van der Waals surface area contributed by atoms with Gasteiger partial charge in [-0.25, -0.2) is 0 Å². The summed E-state index contributed by atoms with van der Waals surface area (Å²) >= 11 is 0. The fourth-order valence-corrected chi connectivity index (χ4v) is 12.1. The van der Waals surface area contributed by atoms with Crippen LogP contribution in [0.25, 0.3) is 0 Å². The zero-order chi connectivity index (χ0) is 97.3. The van der Waals surface area contributed by atoms with Crippen LogP contribution in [0.1, 0.15) is 62.1 Å². The maximum absolute atomic E-state index is 12.6. The number of hydrogen-bond acceptors (Lipinski definition) is 24. The molecule has 0 aromatic heterocycles. The summed E-state index contributed by atoms with van der Waals surface area (Å²) in [5.74, 6) is 0.910. The Bertz CT molecular complexity index is 5220. The van der Waals surface area contributed by atoms with Gasteiger partial charge in [-0.3, -0.25) is 89.5 Å². The van der Waals surface area contributed by atoms with Crippen molar-refractivity contribution in [3.63, 3.8) is 0 Å². The second kappa shape index (κ2) is 46.1. The molecule has 0 heterocycles. The molecule has 0 aliphatic carbocycles. The van der Waals surface area contributed by atoms with Crippen LogP contribution in [0.2, 0.25) is 0 Å². The van der Waals surface area contributed by atoms with Crippen LogP contribution in [0.3, 0.4) is 0 Å². The molecule has 0 saturated heterocycles. The van der Waals surface area contributed by atoms with Crippen LogP contribution in [0.5, 0.6) is 34.5 Å². The zero-order valence-electron chi connectivity index (χ0n) is 70.4. The molecule has 0 saturated carbocycles. The van der Waals surface area contributed by atoms with Gasteiger partial charge in [0.05, 0.1) is 29.5 Å². The molecule has 0 bridgehead atoms. The van der Waals surface area contributed by atoms with Crippen molar-refractivity contribution < 1.29 is 121 Å². The number of carbonyl (C=O) groups excluding carboxylic acids is 6. The Morgan fingerprint density at radius 2 is 0.326 bits per heavy atom. The molecular formula is C90H80F6N14O24Si. The largest absolute Gasteiger partial charge is 0.488 e. The Kier molecular flexibility index (Phi) is 34.0. The van der Waals surface area contributed by atoms with Crippen LogP contribution >= 0.6 is 0 Å². The average molecular weight is 1880 g/mol. The predicted octanol–water partition coefficient (Wildman–Crippen LogP) is 15.3. The third-order valence-electron chi connectivity index (χ3n) is 19.1. The first-order valence-electron chi connectivity index (χ1n) is 40.3. The third-order valence-corrected chi connectivity index (χ3v) is 19.1. The second-order valence-electron chi connectivity index (χ2n) is 28.9. The molecule has 700 valence electrons. The monoisotopic (exact) mass is 1880 g/mol. The van der Waals surface area contributed by atoms with E-state index in [0.29, 0.717) is 148 Å². The molecule has 0 fully saturated rings. The number of non-ortho nitro benzene ring substituents is 6. The van der Waals surface area contributed by atoms with Gasteiger partial charge in [-0.2, -0.15) is 0 Å². The molecule has 135 heavy (non-hydrogen) atoms. The first kappa shape index (κ1) is 99.5. The number of nitro groups is 6. The average Bonchev–Trinajstić information content (AvgIpc) is 0.787. The zero-order valence-corrected chi connectivity index (χ0v) is 71.4. The molecule has 6 amide bonds. The van der Waals surface area contributed by atoms with Crippen LogP contribution in [0, 0.1) is 60.7 Å². The van der Waals surface area contributed by atoms with Crippen LogP contribution in [-0.4, -0.2) is 153 Å². The van der Waals surface area contributed by atoms with Crippen molar-refractivity contribution in [3.8, 4) is 34.5 Å². The van der Waals surface area contributed by atoms with E-state index in [9.17, 15) is 114 Å². The summed E-state index contributed by atoms with van der Waals surface area (Å²) < 4.78 is 95.5. The second-order valence-corrected chi connectivity index (χ2v) is 31.0. The Balaban J connectivity index is 0.000000261. The van der Waals surface area contributed by atoms with Crippen LogP contribution in [0.15, 0.2) is 291 Å². The number of nitro benzene ring substituents is 6. The van der Waals surface area contributed by atoms with Crippen LogP contribution < -0.4 is 70.1 Å². The molecule has 8 N–H and O–H groups in total. The van der Waals surface area contributed by atoms with E-state index in [1.54, 1.807) is 146 Å². The molecule has 45 heteroatoms. The van der Waals surface area contributed by atoms with Crippen molar-refractivity contribution in [1.29, 1.82) is 0 Å². The molecular weight excluding hydrogens is 1800 g/mol. The first-order valence-corrected chi connectivity index (χ1v) is 42.6. The maximum atomic E-state index is 12.6. The Hall–Kier alpha value is -17.6. The fraction of sp³-hybridized carbons (Fsp3) is 0.133. The van der Waals surface area contributed by atoms with Crippen molar-refractivity contribution in [1.82, 2.24) is 0 Å². The van der Waals surface area contributed by atoms with E-state index in [4.69, 9.17) is 28.4 Å². The van der Waals surface area contributed by atoms with E-state index >= 15 is 0 Å². The normalized spacial score (nSPS) is 11.3. The molecule has 12 aromatic rings. The van der Waals surface area contributed by atoms with E-state index < -0.39 is 73.6 Å². The summed E-state index contributed by atoms with van der Waals surface area (Å²) in [5.41, 5.74) is 4.00. The molecule has 0 unspecified atom stereocenters. The van der Waals surface area contributed by atoms with E-state index in [1.165, 1.54) is 146 Å². The fourth-order valence-electron chi connectivity index (χ4n) is 12.1. The number of nitrogens with one attached hydrogen (secondary N) is 8. The van der Waals surface area contributed by atoms with Gasteiger partial charge in [-0.05, 0) is 218 Å². The number of carbonyl (C=O) groups is 6. The third kappa shape index (κ3) is 34.4. The molecule has 12 aromatic carbocycles. The molecule has 0 aliphatic rings. The summed E-state index contributed by atoms with van der Waals surface area (Å²) in [5, 5.41) is 82.1. The molecule has 0 aliphatic heterocycles. The van der Waals surface area contributed by atoms with Gasteiger partial charge in [-0.15, -0.1) is 0 Å². The minimum atomic E-state index is -10.8. The van der Waals surface area contributed by atoms with Gasteiger partial charge >= 0.3 is 33.3 Å². The van der Waals surface area contributed by atoms with Gasteiger partial charge in [0, 0.05) is 140 Å². The Labute approximate surface area is 760 Å². The number of amides is 6. The number of benzene rings is 12. The Morgan fingerprint density at radius 3 is 0.430 bits per heavy atom. The Morgan fingerprint density at radius 1 is 0.215 bits per heavy atom. The molecule has 0 spiro atoms. The summed E-state index contributed by atoms with van der Waals surface area (Å²) in [6.07, 6.45) is 0. The molecule has 38 nitrogen and oxygen atoms in total. The number of ether oxygens (including phenoxy) is 6. The van der Waals surface area contributed by atoms with Crippen molar-refractivity contribution in [2.75, 3.05) is 111 Å². The van der Waals surface area contributed by atoms with Crippen molar-refractivity contribution in [2.24, 2.45) is 0 Å². The van der Waals surface area contributed by atoms with Gasteiger partial charge in [-0.1, -0.05) is 0 Å². The van der Waals surface area contributed by atoms with Gasteiger partial charge < -0.3 is 70.1 Å². The van der Waals surface area contributed by atoms with E-state index in [-0.39, 0.29) is 67.5 Å². The van der Waals surface area contributed by atoms with E-state index in [2.05, 4.69) is 31.9 Å². The summed E-state index contributed by atoms with van der Waals surface area (Å²) in [7, 11) is -10.8. The number of anilines is 6. The van der Waals surface area contributed by atoms with Gasteiger partial charge in [0.25, 0.3) is 69.6 Å². The van der Waals surface area contributed by atoms with Gasteiger partial charge in [0.1, 0.15) is 113 Å². The van der Waals surface area contributed by atoms with Crippen molar-refractivity contribution in [2.45, 2.75) is 0 Å². The van der Waals surface area contributed by atoms with Crippen molar-refractivity contribution >= 4 is 112 Å². The number of halogens is 6. The quantitative estimate of drug-likeness (QED) is 0.00579. The number of hydrogen-bond donors (Lipinski definition) is 8. The SMILES string of the molecule is F[Si-2](F)(F)(F)(F)F.O=C(Nc1ccc(OCC[NH+](CCOc2ccc(NC(=O)c3ccc([N+](=O)[O-])cc3)cc2)CCOc2ccc(NC(=O)c3ccc([N+](=O)[O-])cc3)cc2)cc1)c1ccc([N+](=O)[O-])cc1.O=C(Nc1ccc(OCC[NH+](CCOc2ccc(NC(=O)c3ccc([N+](=O)[O-])cc3)cc2)CCOc2ccc(NC(=O)c3ccc([N+](=O)[O-])cc3)cc2)cc1)c1ccc([N+](=O)[O-])cc1. The summed E-state index contributed by atoms with van der Waals surface area (Å²) in [6.45, 7) is 5.35. The van der Waals surface area contributed by atoms with E-state index in [1.807, 2.05) is 0 Å². The minimum Gasteiger partial charge on any atom is -0.488 e. The predicted molar refractivity (Wildman–Crippen MR) is 481 cm³/mol. The van der Waals surface area contributed by atoms with Gasteiger partial charge in [0.15, 0.2) is 0 Å². The number of nitrogens with zero attached hydrogens (tertiary/aromatic N) is 6. The van der Waals surface area contributed by atoms with Gasteiger partial charge in [0.2, 0.25) is 0 Å². The molecule has 0 atom stereocenters. The smallest absolute Gasteiger partial charge is 0.269 e. The topological polar surface area (TPSA) is 498 Å². The summed E-state index contributed by atoms with van der Waals surface area (Å²) in [4.78, 5) is 140. The van der Waals surface area contributed by atoms with Crippen LogP contribution in [0.4, 0.5) is 92.9 Å². The van der Waals surface area contributed by atoms with Crippen LogP contribution in [-0.2, 0) is 0 Å². The first-order chi connectivity index (χ1) is 64.2. The minimum absolute atomic E-state index is 0.115. The summed E-state index contributed by atoms with van der Waals surface area (Å²) in [6, 6.07) is 72.5. The standard InChI is InChI=1S/2C45H39N7O12.F6Si/c2*53-43(31-1-13-37(14-2-31)50(56)57)46-34-7-19-40(20-8-34)62-28-25-49(26-29-63-41-21-9-35(10-22-41)47-44(54)32-3-15-38(16-4-32)51(58)59)27-30-64-42-23-11-36(12-24-42)48-45(55)33-5-17-39(18-6-33)52(60)61;1-7(2,3,4,5)6/h2*1-24H,25-30H2,(H,46,53)(H,47,54)(H,48,55);/q;;-2/p+2. The molecule has 12 rings (SSSR count). The molecule has 0 radical (unpaired) electrons. The number of quaternary nitrogens is 2. The maximum Gasteiger partial charge on any atom is 0.269 e. The number of rotatable bonds is 42. The van der Waals surface area contributed by atoms with Crippen molar-refractivity contribution in [3.05, 3.63) is 385 Å². The van der Waals surface area contributed by atoms with E-state index in [0.717, 1.165) is 9.80 Å².